The molecule has 0 heterocycles. The fraction of sp³-hybridized carbons (Fsp3) is 0.257. The third kappa shape index (κ3) is 7.75. The van der Waals surface area contributed by atoms with Crippen LogP contribution in [0.1, 0.15) is 36.8 Å². The molecule has 0 aliphatic rings. The quantitative estimate of drug-likeness (QED) is 0.126. The van der Waals surface area contributed by atoms with Crippen molar-refractivity contribution in [3.63, 3.8) is 0 Å². The van der Waals surface area contributed by atoms with Gasteiger partial charge < -0.3 is 14.6 Å². The second-order valence-electron chi connectivity index (χ2n) is 10.7. The Kier molecular flexibility index (Phi) is 10.8. The molecule has 0 spiro atoms. The first-order chi connectivity index (χ1) is 20.7. The van der Waals surface area contributed by atoms with Gasteiger partial charge in [-0.2, -0.15) is 0 Å². The molecule has 4 aromatic rings. The summed E-state index contributed by atoms with van der Waals surface area (Å²) in [6.45, 7) is 2.29. The zero-order valence-corrected chi connectivity index (χ0v) is 25.5. The number of carbonyl (C=O) groups is 2. The van der Waals surface area contributed by atoms with Crippen molar-refractivity contribution in [1.82, 2.24) is 0 Å². The van der Waals surface area contributed by atoms with Crippen molar-refractivity contribution in [2.24, 2.45) is 5.41 Å². The van der Waals surface area contributed by atoms with Crippen molar-refractivity contribution in [2.45, 2.75) is 25.7 Å². The van der Waals surface area contributed by atoms with Crippen LogP contribution in [-0.4, -0.2) is 42.2 Å². The van der Waals surface area contributed by atoms with E-state index in [0.717, 1.165) is 11.1 Å². The smallest absolute Gasteiger partial charge is 0.313 e. The van der Waals surface area contributed by atoms with E-state index in [0.29, 0.717) is 22.3 Å². The Morgan fingerprint density at radius 3 is 1.44 bits per heavy atom. The lowest BCUT2D eigenvalue weighted by molar-refractivity contribution is -0.156. The Labute approximate surface area is 258 Å². The zero-order chi connectivity index (χ0) is 31.0. The molecule has 4 aromatic carbocycles. The lowest BCUT2D eigenvalue weighted by Crippen LogP contribution is -2.40. The average Bonchev–Trinajstić information content (AvgIpc) is 3.04. The highest BCUT2D eigenvalue weighted by Crippen LogP contribution is 2.30. The first-order valence-electron chi connectivity index (χ1n) is 13.9. The van der Waals surface area contributed by atoms with Gasteiger partial charge in [-0.1, -0.05) is 101 Å². The fourth-order valence-electron chi connectivity index (χ4n) is 4.53. The molecule has 0 radical (unpaired) electrons. The highest BCUT2D eigenvalue weighted by molar-refractivity contribution is 9.09. The Balaban J connectivity index is 1.36. The number of carbonyl (C=O) groups excluding carboxylic acids is 2. The molecular formula is C35H33BrF2O5. The normalized spacial score (nSPS) is 13.9. The Hall–Kier alpha value is -3.88. The van der Waals surface area contributed by atoms with Crippen molar-refractivity contribution in [3.05, 3.63) is 120 Å². The summed E-state index contributed by atoms with van der Waals surface area (Å²) in [5.41, 5.74) is 2.08. The number of benzene rings is 4. The topological polar surface area (TPSA) is 72.8 Å². The van der Waals surface area contributed by atoms with E-state index in [1.165, 1.54) is 12.1 Å². The molecule has 0 aliphatic carbocycles. The van der Waals surface area contributed by atoms with E-state index in [-0.39, 0.29) is 18.5 Å². The molecule has 0 saturated carbocycles. The first kappa shape index (κ1) is 32.0. The summed E-state index contributed by atoms with van der Waals surface area (Å²) in [6.07, 6.45) is 0. The second kappa shape index (κ2) is 14.5. The van der Waals surface area contributed by atoms with Crippen LogP contribution in [-0.2, 0) is 19.1 Å². The summed E-state index contributed by atoms with van der Waals surface area (Å²) in [4.78, 5) is 25.8. The van der Waals surface area contributed by atoms with Crippen LogP contribution in [0.25, 0.3) is 22.3 Å². The number of ether oxygens (including phenoxy) is 2. The third-order valence-corrected chi connectivity index (χ3v) is 8.71. The molecule has 0 bridgehead atoms. The number of halogens is 3. The second-order valence-corrected chi connectivity index (χ2v) is 11.2. The van der Waals surface area contributed by atoms with Gasteiger partial charge in [0.2, 0.25) is 0 Å². The average molecular weight is 652 g/mol. The molecule has 43 heavy (non-hydrogen) atoms. The van der Waals surface area contributed by atoms with Gasteiger partial charge in [-0.25, -0.2) is 8.78 Å². The number of aliphatic hydroxyl groups is 1. The molecule has 1 N–H and O–H groups in total. The molecule has 4 rings (SSSR count). The van der Waals surface area contributed by atoms with Gasteiger partial charge in [0.05, 0.1) is 23.9 Å². The van der Waals surface area contributed by atoms with E-state index >= 15 is 0 Å². The zero-order valence-electron chi connectivity index (χ0n) is 23.9. The maximum absolute atomic E-state index is 14.9. The van der Waals surface area contributed by atoms with Crippen LogP contribution in [0.4, 0.5) is 8.78 Å². The summed E-state index contributed by atoms with van der Waals surface area (Å²) in [5.74, 6) is -3.68. The maximum atomic E-state index is 14.9. The lowest BCUT2D eigenvalue weighted by atomic mass is 9.93. The maximum Gasteiger partial charge on any atom is 0.313 e. The summed E-state index contributed by atoms with van der Waals surface area (Å²) in [5, 5.41) is 10.3. The molecule has 0 aromatic heterocycles. The molecule has 8 heteroatoms. The first-order valence-corrected chi connectivity index (χ1v) is 15.0. The van der Waals surface area contributed by atoms with E-state index in [9.17, 15) is 23.5 Å². The van der Waals surface area contributed by atoms with Gasteiger partial charge in [0.15, 0.2) is 0 Å². The number of alkyl halides is 1. The standard InChI is InChI=1S/C35H33BrF2O5/c1-23(27-13-15-29(31(37)17-27)25-9-5-3-6-10-25)33(40)42-21-35(19-36,20-39)22-43-34(41)24(2)28-14-16-30(32(38)18-28)26-11-7-4-8-12-26/h3-18,23-24,39H,19-22H2,1-2H3. The Morgan fingerprint density at radius 2 is 1.12 bits per heavy atom. The van der Waals surface area contributed by atoms with Gasteiger partial charge in [-0.15, -0.1) is 0 Å². The van der Waals surface area contributed by atoms with Crippen LogP contribution >= 0.6 is 15.9 Å². The molecule has 2 atom stereocenters. The molecule has 5 nitrogen and oxygen atoms in total. The van der Waals surface area contributed by atoms with Gasteiger partial charge in [0.25, 0.3) is 0 Å². The van der Waals surface area contributed by atoms with Crippen LogP contribution < -0.4 is 0 Å². The van der Waals surface area contributed by atoms with Gasteiger partial charge >= 0.3 is 11.9 Å². The summed E-state index contributed by atoms with van der Waals surface area (Å²) < 4.78 is 40.8. The number of hydrogen-bond acceptors (Lipinski definition) is 5. The molecule has 0 amide bonds. The molecule has 2 unspecified atom stereocenters. The number of aliphatic hydroxyl groups excluding tert-OH is 1. The van der Waals surface area contributed by atoms with Crippen LogP contribution in [0.3, 0.4) is 0 Å². The summed E-state index contributed by atoms with van der Waals surface area (Å²) in [7, 11) is 0. The molecule has 0 aliphatic heterocycles. The monoisotopic (exact) mass is 650 g/mol. The minimum atomic E-state index is -1.12. The highest BCUT2D eigenvalue weighted by Gasteiger charge is 2.34. The third-order valence-electron chi connectivity index (χ3n) is 7.52. The van der Waals surface area contributed by atoms with Crippen LogP contribution in [0, 0.1) is 17.0 Å². The molecule has 0 saturated heterocycles. The van der Waals surface area contributed by atoms with Gasteiger partial charge in [0.1, 0.15) is 24.8 Å². The minimum absolute atomic E-state index is 0.167. The van der Waals surface area contributed by atoms with E-state index in [4.69, 9.17) is 9.47 Å². The van der Waals surface area contributed by atoms with Crippen molar-refractivity contribution >= 4 is 27.9 Å². The lowest BCUT2D eigenvalue weighted by Gasteiger charge is -2.29. The van der Waals surface area contributed by atoms with Crippen molar-refractivity contribution < 1.29 is 33.0 Å². The SMILES string of the molecule is CC(C(=O)OCC(CO)(CBr)COC(=O)C(C)c1ccc(-c2ccccc2)c(F)c1)c1ccc(-c2ccccc2)c(F)c1. The van der Waals surface area contributed by atoms with E-state index in [1.54, 1.807) is 62.4 Å². The van der Waals surface area contributed by atoms with Gasteiger partial charge in [-0.3, -0.25) is 9.59 Å². The van der Waals surface area contributed by atoms with Crippen molar-refractivity contribution in [3.8, 4) is 22.3 Å². The number of esters is 2. The summed E-state index contributed by atoms with van der Waals surface area (Å²) in [6, 6.07) is 27.4. The summed E-state index contributed by atoms with van der Waals surface area (Å²) >= 11 is 3.33. The van der Waals surface area contributed by atoms with Crippen LogP contribution in [0.5, 0.6) is 0 Å². The fourth-order valence-corrected chi connectivity index (χ4v) is 5.03. The van der Waals surface area contributed by atoms with Crippen LogP contribution in [0.15, 0.2) is 97.1 Å². The van der Waals surface area contributed by atoms with Gasteiger partial charge in [0, 0.05) is 16.5 Å². The molecule has 224 valence electrons. The van der Waals surface area contributed by atoms with Crippen molar-refractivity contribution in [2.75, 3.05) is 25.2 Å². The Bertz CT molecular complexity index is 1430. The largest absolute Gasteiger partial charge is 0.464 e. The van der Waals surface area contributed by atoms with E-state index < -0.39 is 47.4 Å². The van der Waals surface area contributed by atoms with Crippen molar-refractivity contribution in [1.29, 1.82) is 0 Å². The Morgan fingerprint density at radius 1 is 0.721 bits per heavy atom. The minimum Gasteiger partial charge on any atom is -0.464 e. The highest BCUT2D eigenvalue weighted by atomic mass is 79.9. The molecule has 0 fully saturated rings. The predicted molar refractivity (Wildman–Crippen MR) is 166 cm³/mol. The predicted octanol–water partition coefficient (Wildman–Crippen LogP) is 7.67. The van der Waals surface area contributed by atoms with Crippen LogP contribution in [0.2, 0.25) is 0 Å². The van der Waals surface area contributed by atoms with E-state index in [1.807, 2.05) is 36.4 Å². The van der Waals surface area contributed by atoms with E-state index in [2.05, 4.69) is 15.9 Å². The van der Waals surface area contributed by atoms with Gasteiger partial charge in [-0.05, 0) is 48.2 Å². The number of hydrogen-bond donors (Lipinski definition) is 1. The molecular weight excluding hydrogens is 618 g/mol. The number of rotatable bonds is 12.